The Kier molecular flexibility index (Phi) is 4.50. The molecule has 0 saturated heterocycles. The molecule has 1 aliphatic rings. The number of anilines is 1. The van der Waals surface area contributed by atoms with E-state index < -0.39 is 0 Å². The summed E-state index contributed by atoms with van der Waals surface area (Å²) in [5.74, 6) is 3.75. The van der Waals surface area contributed by atoms with E-state index in [4.69, 9.17) is 14.2 Å². The van der Waals surface area contributed by atoms with Crippen LogP contribution in [0.15, 0.2) is 18.2 Å². The number of rotatable bonds is 5. The van der Waals surface area contributed by atoms with Gasteiger partial charge in [-0.25, -0.2) is 4.98 Å². The molecule has 3 rings (SSSR count). The van der Waals surface area contributed by atoms with Crippen molar-refractivity contribution in [2.45, 2.75) is 20.3 Å². The minimum Gasteiger partial charge on any atom is -0.486 e. The fourth-order valence-electron chi connectivity index (χ4n) is 2.54. The second kappa shape index (κ2) is 6.73. The van der Waals surface area contributed by atoms with Crippen molar-refractivity contribution in [1.29, 1.82) is 0 Å². The lowest BCUT2D eigenvalue weighted by molar-refractivity contribution is 0.171. The summed E-state index contributed by atoms with van der Waals surface area (Å²) in [6.45, 7) is 5.79. The maximum atomic E-state index is 5.61. The molecule has 0 fully saturated rings. The largest absolute Gasteiger partial charge is 0.486 e. The van der Waals surface area contributed by atoms with Crippen molar-refractivity contribution in [1.82, 2.24) is 9.97 Å². The molecular weight excluding hydrogens is 294 g/mol. The van der Waals surface area contributed by atoms with E-state index in [0.717, 1.165) is 35.8 Å². The van der Waals surface area contributed by atoms with Crippen LogP contribution in [-0.2, 0) is 6.42 Å². The molecule has 1 aromatic carbocycles. The number of nitrogens with one attached hydrogen (secondary N) is 1. The van der Waals surface area contributed by atoms with Crippen LogP contribution < -0.4 is 19.5 Å². The Bertz CT molecular complexity index is 704. The molecule has 1 aliphatic heterocycles. The molecule has 23 heavy (non-hydrogen) atoms. The SMILES string of the molecule is COc1nc(C)nc(NCCc2ccc3c(c2)OCCO3)c1C. The van der Waals surface area contributed by atoms with Gasteiger partial charge in [-0.15, -0.1) is 0 Å². The highest BCUT2D eigenvalue weighted by atomic mass is 16.6. The van der Waals surface area contributed by atoms with Crippen LogP contribution in [0.3, 0.4) is 0 Å². The van der Waals surface area contributed by atoms with Gasteiger partial charge in [0.1, 0.15) is 24.9 Å². The molecular formula is C17H21N3O3. The van der Waals surface area contributed by atoms with E-state index in [1.807, 2.05) is 26.0 Å². The lowest BCUT2D eigenvalue weighted by atomic mass is 10.1. The van der Waals surface area contributed by atoms with Gasteiger partial charge in [0.15, 0.2) is 11.5 Å². The molecule has 1 aromatic heterocycles. The Hall–Kier alpha value is -2.50. The second-order valence-corrected chi connectivity index (χ2v) is 5.41. The summed E-state index contributed by atoms with van der Waals surface area (Å²) in [5.41, 5.74) is 2.11. The van der Waals surface area contributed by atoms with Gasteiger partial charge in [0.2, 0.25) is 5.88 Å². The Balaban J connectivity index is 1.65. The summed E-state index contributed by atoms with van der Waals surface area (Å²) in [6.07, 6.45) is 0.863. The van der Waals surface area contributed by atoms with Crippen molar-refractivity contribution < 1.29 is 14.2 Å². The summed E-state index contributed by atoms with van der Waals surface area (Å²) in [4.78, 5) is 8.70. The summed E-state index contributed by atoms with van der Waals surface area (Å²) in [6, 6.07) is 6.07. The molecule has 0 amide bonds. The lowest BCUT2D eigenvalue weighted by Gasteiger charge is -2.19. The van der Waals surface area contributed by atoms with E-state index in [9.17, 15) is 0 Å². The molecule has 6 nitrogen and oxygen atoms in total. The number of benzene rings is 1. The molecule has 0 saturated carbocycles. The van der Waals surface area contributed by atoms with Crippen LogP contribution in [0.4, 0.5) is 5.82 Å². The van der Waals surface area contributed by atoms with Crippen LogP contribution in [0, 0.1) is 13.8 Å². The lowest BCUT2D eigenvalue weighted by Crippen LogP contribution is -2.15. The van der Waals surface area contributed by atoms with Crippen LogP contribution in [0.25, 0.3) is 0 Å². The average molecular weight is 315 g/mol. The van der Waals surface area contributed by atoms with Crippen molar-refractivity contribution in [3.63, 3.8) is 0 Å². The zero-order valence-corrected chi connectivity index (χ0v) is 13.7. The van der Waals surface area contributed by atoms with Gasteiger partial charge in [0, 0.05) is 6.54 Å². The number of aromatic nitrogens is 2. The summed E-state index contributed by atoms with van der Waals surface area (Å²) in [7, 11) is 1.62. The predicted octanol–water partition coefficient (Wildman–Crippen LogP) is 2.53. The second-order valence-electron chi connectivity index (χ2n) is 5.41. The third-order valence-electron chi connectivity index (χ3n) is 3.72. The molecule has 2 aromatic rings. The molecule has 2 heterocycles. The zero-order chi connectivity index (χ0) is 16.2. The number of aryl methyl sites for hydroxylation is 1. The van der Waals surface area contributed by atoms with Gasteiger partial charge in [-0.05, 0) is 38.0 Å². The number of methoxy groups -OCH3 is 1. The molecule has 0 unspecified atom stereocenters. The van der Waals surface area contributed by atoms with E-state index in [1.165, 1.54) is 5.56 Å². The van der Waals surface area contributed by atoms with Crippen LogP contribution >= 0.6 is 0 Å². The summed E-state index contributed by atoms with van der Waals surface area (Å²) < 4.78 is 16.4. The van der Waals surface area contributed by atoms with E-state index in [2.05, 4.69) is 21.4 Å². The van der Waals surface area contributed by atoms with E-state index in [-0.39, 0.29) is 0 Å². The zero-order valence-electron chi connectivity index (χ0n) is 13.7. The maximum Gasteiger partial charge on any atom is 0.221 e. The quantitative estimate of drug-likeness (QED) is 0.914. The van der Waals surface area contributed by atoms with E-state index in [0.29, 0.717) is 24.9 Å². The van der Waals surface area contributed by atoms with Gasteiger partial charge in [-0.3, -0.25) is 0 Å². The first-order valence-electron chi connectivity index (χ1n) is 7.69. The topological polar surface area (TPSA) is 65.5 Å². The molecule has 1 N–H and O–H groups in total. The molecule has 6 heteroatoms. The normalized spacial score (nSPS) is 12.8. The van der Waals surface area contributed by atoms with Crippen LogP contribution in [0.5, 0.6) is 17.4 Å². The van der Waals surface area contributed by atoms with Gasteiger partial charge in [0.05, 0.1) is 12.7 Å². The highest BCUT2D eigenvalue weighted by Crippen LogP contribution is 2.31. The van der Waals surface area contributed by atoms with Gasteiger partial charge < -0.3 is 19.5 Å². The van der Waals surface area contributed by atoms with Crippen molar-refractivity contribution in [3.8, 4) is 17.4 Å². The number of nitrogens with zero attached hydrogens (tertiary/aromatic N) is 2. The Morgan fingerprint density at radius 1 is 1.13 bits per heavy atom. The molecule has 0 atom stereocenters. The van der Waals surface area contributed by atoms with Crippen molar-refractivity contribution in [2.75, 3.05) is 32.2 Å². The third kappa shape index (κ3) is 3.47. The van der Waals surface area contributed by atoms with E-state index >= 15 is 0 Å². The third-order valence-corrected chi connectivity index (χ3v) is 3.72. The molecule has 0 spiro atoms. The minimum atomic E-state index is 0.605. The van der Waals surface area contributed by atoms with Crippen molar-refractivity contribution in [2.24, 2.45) is 0 Å². The van der Waals surface area contributed by atoms with Crippen LogP contribution in [0.2, 0.25) is 0 Å². The van der Waals surface area contributed by atoms with Gasteiger partial charge >= 0.3 is 0 Å². The Morgan fingerprint density at radius 2 is 1.91 bits per heavy atom. The Morgan fingerprint density at radius 3 is 2.70 bits per heavy atom. The molecule has 0 radical (unpaired) electrons. The summed E-state index contributed by atoms with van der Waals surface area (Å²) in [5, 5.41) is 3.35. The van der Waals surface area contributed by atoms with Crippen LogP contribution in [-0.4, -0.2) is 36.8 Å². The first-order valence-corrected chi connectivity index (χ1v) is 7.69. The smallest absolute Gasteiger partial charge is 0.221 e. The molecule has 122 valence electrons. The number of fused-ring (bicyclic) bond motifs is 1. The fraction of sp³-hybridized carbons (Fsp3) is 0.412. The van der Waals surface area contributed by atoms with Gasteiger partial charge in [0.25, 0.3) is 0 Å². The highest BCUT2D eigenvalue weighted by Gasteiger charge is 2.12. The number of hydrogen-bond acceptors (Lipinski definition) is 6. The van der Waals surface area contributed by atoms with Crippen molar-refractivity contribution in [3.05, 3.63) is 35.2 Å². The number of ether oxygens (including phenoxy) is 3. The summed E-state index contributed by atoms with van der Waals surface area (Å²) >= 11 is 0. The van der Waals surface area contributed by atoms with E-state index in [1.54, 1.807) is 7.11 Å². The highest BCUT2D eigenvalue weighted by molar-refractivity contribution is 5.49. The van der Waals surface area contributed by atoms with Crippen molar-refractivity contribution >= 4 is 5.82 Å². The molecule has 0 aliphatic carbocycles. The fourth-order valence-corrected chi connectivity index (χ4v) is 2.54. The van der Waals surface area contributed by atoms with Gasteiger partial charge in [-0.1, -0.05) is 6.07 Å². The maximum absolute atomic E-state index is 5.61. The standard InChI is InChI=1S/C17H21N3O3/c1-11-16(19-12(2)20-17(11)21-3)18-7-6-13-4-5-14-15(10-13)23-9-8-22-14/h4-5,10H,6-9H2,1-3H3,(H,18,19,20). The first kappa shape index (κ1) is 15.4. The monoisotopic (exact) mass is 315 g/mol. The first-order chi connectivity index (χ1) is 11.2. The predicted molar refractivity (Wildman–Crippen MR) is 87.7 cm³/mol. The Labute approximate surface area is 135 Å². The van der Waals surface area contributed by atoms with Gasteiger partial charge in [-0.2, -0.15) is 4.98 Å². The van der Waals surface area contributed by atoms with Crippen LogP contribution in [0.1, 0.15) is 17.0 Å². The molecule has 0 bridgehead atoms. The minimum absolute atomic E-state index is 0.605. The average Bonchev–Trinajstić information content (AvgIpc) is 2.57. The number of hydrogen-bond donors (Lipinski definition) is 1.